The Morgan fingerprint density at radius 2 is 1.87 bits per heavy atom. The lowest BCUT2D eigenvalue weighted by molar-refractivity contribution is -0.385. The molecule has 0 saturated heterocycles. The molecule has 116 valence electrons. The van der Waals surface area contributed by atoms with Crippen LogP contribution in [-0.2, 0) is 0 Å². The van der Waals surface area contributed by atoms with Gasteiger partial charge in [-0.25, -0.2) is 4.98 Å². The molecular formula is C17H15N3O3. The van der Waals surface area contributed by atoms with E-state index in [0.717, 1.165) is 5.56 Å². The van der Waals surface area contributed by atoms with Gasteiger partial charge in [-0.3, -0.25) is 19.3 Å². The van der Waals surface area contributed by atoms with Crippen LogP contribution in [0.2, 0.25) is 0 Å². The zero-order valence-electron chi connectivity index (χ0n) is 12.8. The number of nitro groups is 1. The molecule has 6 nitrogen and oxygen atoms in total. The number of rotatable bonds is 4. The first-order valence-electron chi connectivity index (χ1n) is 7.23. The summed E-state index contributed by atoms with van der Waals surface area (Å²) in [6.07, 6.45) is 1.99. The number of pyridine rings is 1. The van der Waals surface area contributed by atoms with Crippen LogP contribution in [0.5, 0.6) is 0 Å². The van der Waals surface area contributed by atoms with Gasteiger partial charge < -0.3 is 0 Å². The van der Waals surface area contributed by atoms with Gasteiger partial charge >= 0.3 is 0 Å². The lowest BCUT2D eigenvalue weighted by Crippen LogP contribution is -1.95. The molecule has 0 bridgehead atoms. The first kappa shape index (κ1) is 14.9. The molecule has 23 heavy (non-hydrogen) atoms. The molecule has 0 amide bonds. The summed E-state index contributed by atoms with van der Waals surface area (Å²) in [6.45, 7) is 4.21. The standard InChI is InChI=1S/C17H15N3O3/c1-11(2)12-3-5-13(6-4-12)17-15(10-21)19-9-14(20(22)23)7-8-16(19)18-17/h3-11H,1-2H3. The third-order valence-corrected chi connectivity index (χ3v) is 3.81. The van der Waals surface area contributed by atoms with Crippen molar-refractivity contribution in [3.63, 3.8) is 0 Å². The Balaban J connectivity index is 2.17. The Morgan fingerprint density at radius 3 is 2.43 bits per heavy atom. The van der Waals surface area contributed by atoms with Crippen molar-refractivity contribution in [2.75, 3.05) is 0 Å². The maximum absolute atomic E-state index is 11.5. The van der Waals surface area contributed by atoms with E-state index in [4.69, 9.17) is 0 Å². The molecule has 2 heterocycles. The normalized spacial score (nSPS) is 11.1. The van der Waals surface area contributed by atoms with Crippen LogP contribution in [-0.4, -0.2) is 20.6 Å². The highest BCUT2D eigenvalue weighted by Crippen LogP contribution is 2.26. The van der Waals surface area contributed by atoms with Gasteiger partial charge in [0.2, 0.25) is 0 Å². The summed E-state index contributed by atoms with van der Waals surface area (Å²) in [6, 6.07) is 10.7. The molecule has 0 N–H and O–H groups in total. The van der Waals surface area contributed by atoms with E-state index in [-0.39, 0.29) is 5.69 Å². The topological polar surface area (TPSA) is 77.5 Å². The van der Waals surface area contributed by atoms with Gasteiger partial charge in [0.25, 0.3) is 5.69 Å². The molecule has 0 spiro atoms. The van der Waals surface area contributed by atoms with Crippen LogP contribution in [0.15, 0.2) is 42.6 Å². The number of aromatic nitrogens is 2. The van der Waals surface area contributed by atoms with Gasteiger partial charge in [0.1, 0.15) is 17.0 Å². The van der Waals surface area contributed by atoms with Crippen molar-refractivity contribution in [2.45, 2.75) is 19.8 Å². The highest BCUT2D eigenvalue weighted by atomic mass is 16.6. The quantitative estimate of drug-likeness (QED) is 0.416. The van der Waals surface area contributed by atoms with Gasteiger partial charge in [-0.15, -0.1) is 0 Å². The second-order valence-electron chi connectivity index (χ2n) is 5.61. The molecule has 6 heteroatoms. The maximum atomic E-state index is 11.5. The van der Waals surface area contributed by atoms with E-state index in [1.54, 1.807) is 0 Å². The van der Waals surface area contributed by atoms with Gasteiger partial charge in [0.15, 0.2) is 6.29 Å². The summed E-state index contributed by atoms with van der Waals surface area (Å²) in [5, 5.41) is 10.9. The van der Waals surface area contributed by atoms with Crippen molar-refractivity contribution in [1.29, 1.82) is 0 Å². The number of fused-ring (bicyclic) bond motifs is 1. The number of benzene rings is 1. The molecular weight excluding hydrogens is 294 g/mol. The Bertz CT molecular complexity index is 895. The summed E-state index contributed by atoms with van der Waals surface area (Å²) >= 11 is 0. The predicted molar refractivity (Wildman–Crippen MR) is 86.8 cm³/mol. The summed E-state index contributed by atoms with van der Waals surface area (Å²) in [5.41, 5.74) is 3.25. The number of aldehydes is 1. The van der Waals surface area contributed by atoms with Crippen LogP contribution in [0.1, 0.15) is 35.8 Å². The summed E-state index contributed by atoms with van der Waals surface area (Å²) in [4.78, 5) is 26.4. The fourth-order valence-electron chi connectivity index (χ4n) is 2.51. The minimum absolute atomic E-state index is 0.0836. The van der Waals surface area contributed by atoms with Crippen molar-refractivity contribution in [2.24, 2.45) is 0 Å². The third kappa shape index (κ3) is 2.59. The molecule has 0 aliphatic carbocycles. The fraction of sp³-hybridized carbons (Fsp3) is 0.176. The van der Waals surface area contributed by atoms with Crippen molar-refractivity contribution in [3.05, 3.63) is 64.0 Å². The Morgan fingerprint density at radius 1 is 1.17 bits per heavy atom. The molecule has 0 saturated carbocycles. The lowest BCUT2D eigenvalue weighted by atomic mass is 10.0. The molecule has 0 radical (unpaired) electrons. The third-order valence-electron chi connectivity index (χ3n) is 3.81. The molecule has 0 aliphatic heterocycles. The van der Waals surface area contributed by atoms with Gasteiger partial charge in [0, 0.05) is 11.6 Å². The molecule has 0 atom stereocenters. The summed E-state index contributed by atoms with van der Waals surface area (Å²) in [7, 11) is 0. The molecule has 3 rings (SSSR count). The van der Waals surface area contributed by atoms with Crippen LogP contribution < -0.4 is 0 Å². The average molecular weight is 309 g/mol. The minimum atomic E-state index is -0.495. The first-order valence-corrected chi connectivity index (χ1v) is 7.23. The zero-order chi connectivity index (χ0) is 16.6. The average Bonchev–Trinajstić information content (AvgIpc) is 2.92. The number of imidazole rings is 1. The highest BCUT2D eigenvalue weighted by molar-refractivity contribution is 5.86. The number of carbonyl (C=O) groups excluding carboxylic acids is 1. The molecule has 2 aromatic heterocycles. The first-order chi connectivity index (χ1) is 11.0. The zero-order valence-corrected chi connectivity index (χ0v) is 12.8. The maximum Gasteiger partial charge on any atom is 0.286 e. The second-order valence-corrected chi connectivity index (χ2v) is 5.61. The second kappa shape index (κ2) is 5.64. The number of nitrogens with zero attached hydrogens (tertiary/aromatic N) is 3. The van der Waals surface area contributed by atoms with E-state index >= 15 is 0 Å². The van der Waals surface area contributed by atoms with Crippen molar-refractivity contribution in [1.82, 2.24) is 9.38 Å². The monoisotopic (exact) mass is 309 g/mol. The fourth-order valence-corrected chi connectivity index (χ4v) is 2.51. The number of carbonyl (C=O) groups is 1. The van der Waals surface area contributed by atoms with E-state index in [2.05, 4.69) is 18.8 Å². The van der Waals surface area contributed by atoms with E-state index in [1.165, 1.54) is 28.3 Å². The summed E-state index contributed by atoms with van der Waals surface area (Å²) in [5.74, 6) is 0.415. The molecule has 0 aliphatic rings. The minimum Gasteiger partial charge on any atom is -0.296 e. The van der Waals surface area contributed by atoms with Gasteiger partial charge in [-0.05, 0) is 17.5 Å². The molecule has 0 unspecified atom stereocenters. The van der Waals surface area contributed by atoms with Crippen LogP contribution in [0, 0.1) is 10.1 Å². The summed E-state index contributed by atoms with van der Waals surface area (Å²) < 4.78 is 1.46. The number of hydrogen-bond donors (Lipinski definition) is 0. The Hall–Kier alpha value is -3.02. The largest absolute Gasteiger partial charge is 0.296 e. The molecule has 0 fully saturated rings. The molecule has 1 aromatic carbocycles. The van der Waals surface area contributed by atoms with E-state index < -0.39 is 4.92 Å². The van der Waals surface area contributed by atoms with Crippen molar-refractivity contribution < 1.29 is 9.72 Å². The Kier molecular flexibility index (Phi) is 3.65. The number of hydrogen-bond acceptors (Lipinski definition) is 4. The van der Waals surface area contributed by atoms with Crippen LogP contribution >= 0.6 is 0 Å². The van der Waals surface area contributed by atoms with Crippen LogP contribution in [0.4, 0.5) is 5.69 Å². The molecule has 3 aromatic rings. The van der Waals surface area contributed by atoms with Gasteiger partial charge in [-0.2, -0.15) is 0 Å². The smallest absolute Gasteiger partial charge is 0.286 e. The van der Waals surface area contributed by atoms with Crippen LogP contribution in [0.25, 0.3) is 16.9 Å². The van der Waals surface area contributed by atoms with Gasteiger partial charge in [0.05, 0.1) is 11.1 Å². The van der Waals surface area contributed by atoms with Crippen molar-refractivity contribution in [3.8, 4) is 11.3 Å². The lowest BCUT2D eigenvalue weighted by Gasteiger charge is -2.06. The van der Waals surface area contributed by atoms with E-state index in [0.29, 0.717) is 29.2 Å². The predicted octanol–water partition coefficient (Wildman–Crippen LogP) is 3.85. The SMILES string of the molecule is CC(C)c1ccc(-c2nc3ccc([N+](=O)[O-])cn3c2C=O)cc1. The van der Waals surface area contributed by atoms with Crippen LogP contribution in [0.3, 0.4) is 0 Å². The van der Waals surface area contributed by atoms with Crippen molar-refractivity contribution >= 4 is 17.6 Å². The van der Waals surface area contributed by atoms with E-state index in [1.807, 2.05) is 24.3 Å². The van der Waals surface area contributed by atoms with E-state index in [9.17, 15) is 14.9 Å². The highest BCUT2D eigenvalue weighted by Gasteiger charge is 2.16. The Labute approximate surface area is 132 Å². The van der Waals surface area contributed by atoms with Gasteiger partial charge in [-0.1, -0.05) is 38.1 Å².